The lowest BCUT2D eigenvalue weighted by atomic mass is 10.2. The molecule has 4 nitrogen and oxygen atoms in total. The van der Waals surface area contributed by atoms with Gasteiger partial charge >= 0.3 is 0 Å². The molecular formula is C10H14N2O2. The van der Waals surface area contributed by atoms with E-state index in [-0.39, 0.29) is 12.1 Å². The van der Waals surface area contributed by atoms with Gasteiger partial charge in [0.25, 0.3) is 0 Å². The maximum atomic E-state index is 9.27. The first-order valence-corrected chi connectivity index (χ1v) is 4.79. The highest BCUT2D eigenvalue weighted by Gasteiger charge is 2.22. The Labute approximate surface area is 82.9 Å². The van der Waals surface area contributed by atoms with Crippen LogP contribution in [0.2, 0.25) is 0 Å². The summed E-state index contributed by atoms with van der Waals surface area (Å²) in [4.78, 5) is 3.95. The van der Waals surface area contributed by atoms with Gasteiger partial charge in [0.15, 0.2) is 0 Å². The van der Waals surface area contributed by atoms with E-state index in [1.807, 2.05) is 12.1 Å². The Bertz CT molecular complexity index is 279. The van der Waals surface area contributed by atoms with Crippen molar-refractivity contribution in [1.82, 2.24) is 10.3 Å². The summed E-state index contributed by atoms with van der Waals surface area (Å²) in [5.41, 5.74) is 0. The lowest BCUT2D eigenvalue weighted by Gasteiger charge is -2.11. The molecule has 2 N–H and O–H groups in total. The molecule has 1 aliphatic rings. The molecule has 1 saturated heterocycles. The van der Waals surface area contributed by atoms with Gasteiger partial charge in [-0.05, 0) is 18.6 Å². The van der Waals surface area contributed by atoms with Crippen LogP contribution in [0.4, 0.5) is 0 Å². The highest BCUT2D eigenvalue weighted by molar-refractivity contribution is 5.15. The summed E-state index contributed by atoms with van der Waals surface area (Å²) < 4.78 is 5.50. The minimum absolute atomic E-state index is 0.225. The third kappa shape index (κ3) is 2.43. The van der Waals surface area contributed by atoms with Crippen molar-refractivity contribution in [2.24, 2.45) is 0 Å². The Morgan fingerprint density at radius 2 is 2.57 bits per heavy atom. The Morgan fingerprint density at radius 1 is 1.64 bits per heavy atom. The first-order chi connectivity index (χ1) is 6.84. The number of nitrogens with one attached hydrogen (secondary N) is 1. The average Bonchev–Trinajstić information content (AvgIpc) is 2.63. The number of ether oxygens (including phenoxy) is 1. The second kappa shape index (κ2) is 4.39. The third-order valence-electron chi connectivity index (χ3n) is 2.28. The van der Waals surface area contributed by atoms with Gasteiger partial charge in [0, 0.05) is 18.8 Å². The molecule has 1 aromatic rings. The topological polar surface area (TPSA) is 54.4 Å². The van der Waals surface area contributed by atoms with Gasteiger partial charge in [-0.15, -0.1) is 0 Å². The van der Waals surface area contributed by atoms with E-state index in [9.17, 15) is 5.11 Å². The smallest absolute Gasteiger partial charge is 0.137 e. The van der Waals surface area contributed by atoms with Crippen LogP contribution in [0.15, 0.2) is 24.5 Å². The second-order valence-electron chi connectivity index (χ2n) is 3.49. The fraction of sp³-hybridized carbons (Fsp3) is 0.500. The van der Waals surface area contributed by atoms with E-state index >= 15 is 0 Å². The van der Waals surface area contributed by atoms with E-state index in [1.54, 1.807) is 12.4 Å². The Balaban J connectivity index is 1.78. The molecule has 1 aliphatic heterocycles. The fourth-order valence-corrected chi connectivity index (χ4v) is 1.55. The van der Waals surface area contributed by atoms with Gasteiger partial charge in [-0.3, -0.25) is 4.98 Å². The van der Waals surface area contributed by atoms with Crippen molar-refractivity contribution in [1.29, 1.82) is 0 Å². The number of hydrogen-bond donors (Lipinski definition) is 2. The van der Waals surface area contributed by atoms with E-state index in [0.717, 1.165) is 12.2 Å². The lowest BCUT2D eigenvalue weighted by molar-refractivity contribution is 0.187. The largest absolute Gasteiger partial charge is 0.490 e. The summed E-state index contributed by atoms with van der Waals surface area (Å²) in [5.74, 6) is 0.774. The maximum absolute atomic E-state index is 9.27. The molecule has 0 unspecified atom stereocenters. The molecule has 4 heteroatoms. The molecule has 14 heavy (non-hydrogen) atoms. The molecule has 0 aliphatic carbocycles. The first-order valence-electron chi connectivity index (χ1n) is 4.79. The molecule has 2 rings (SSSR count). The van der Waals surface area contributed by atoms with Crippen molar-refractivity contribution >= 4 is 0 Å². The number of aliphatic hydroxyl groups is 1. The molecule has 0 radical (unpaired) electrons. The molecule has 76 valence electrons. The summed E-state index contributed by atoms with van der Waals surface area (Å²) in [6.07, 6.45) is 3.94. The summed E-state index contributed by atoms with van der Waals surface area (Å²) in [5, 5.41) is 12.4. The fourth-order valence-electron chi connectivity index (χ4n) is 1.55. The number of aliphatic hydroxyl groups excluding tert-OH is 1. The van der Waals surface area contributed by atoms with Crippen molar-refractivity contribution in [2.45, 2.75) is 18.6 Å². The van der Waals surface area contributed by atoms with Crippen molar-refractivity contribution in [3.63, 3.8) is 0 Å². The number of hydrogen-bond acceptors (Lipinski definition) is 4. The highest BCUT2D eigenvalue weighted by Crippen LogP contribution is 2.10. The molecule has 0 saturated carbocycles. The normalized spacial score (nSPS) is 26.4. The Morgan fingerprint density at radius 3 is 3.21 bits per heavy atom. The quantitative estimate of drug-likeness (QED) is 0.721. The van der Waals surface area contributed by atoms with E-state index in [4.69, 9.17) is 4.74 Å². The van der Waals surface area contributed by atoms with Gasteiger partial charge < -0.3 is 15.2 Å². The van der Waals surface area contributed by atoms with Crippen molar-refractivity contribution in [2.75, 3.05) is 13.2 Å². The van der Waals surface area contributed by atoms with Crippen LogP contribution >= 0.6 is 0 Å². The van der Waals surface area contributed by atoms with Gasteiger partial charge in [0.2, 0.25) is 0 Å². The van der Waals surface area contributed by atoms with E-state index in [1.165, 1.54) is 0 Å². The standard InChI is InChI=1S/C10H14N2O2/c13-9-4-8(12-5-9)7-14-10-2-1-3-11-6-10/h1-3,6,8-9,12-13H,4-5,7H2/t8-,9+/m0/s1. The number of nitrogens with zero attached hydrogens (tertiary/aromatic N) is 1. The molecule has 2 heterocycles. The van der Waals surface area contributed by atoms with E-state index < -0.39 is 0 Å². The van der Waals surface area contributed by atoms with Gasteiger partial charge in [0.1, 0.15) is 12.4 Å². The van der Waals surface area contributed by atoms with Crippen molar-refractivity contribution in [3.05, 3.63) is 24.5 Å². The zero-order valence-corrected chi connectivity index (χ0v) is 7.89. The minimum Gasteiger partial charge on any atom is -0.490 e. The number of β-amino-alcohol motifs (C(OH)–C–C–N with tert-alkyl or cyclic N) is 1. The van der Waals surface area contributed by atoms with Gasteiger partial charge in [-0.25, -0.2) is 0 Å². The van der Waals surface area contributed by atoms with E-state index in [2.05, 4.69) is 10.3 Å². The number of aromatic nitrogens is 1. The molecule has 0 spiro atoms. The first kappa shape index (κ1) is 9.43. The Kier molecular flexibility index (Phi) is 2.96. The molecule has 1 aromatic heterocycles. The minimum atomic E-state index is -0.225. The SMILES string of the molecule is O[C@H]1CN[C@H](COc2cccnc2)C1. The Hall–Kier alpha value is -1.13. The van der Waals surface area contributed by atoms with Crippen LogP contribution in [0.1, 0.15) is 6.42 Å². The zero-order chi connectivity index (χ0) is 9.80. The van der Waals surface area contributed by atoms with Crippen LogP contribution in [0.25, 0.3) is 0 Å². The molecule has 0 bridgehead atoms. The number of rotatable bonds is 3. The predicted octanol–water partition coefficient (Wildman–Crippen LogP) is 0.183. The van der Waals surface area contributed by atoms with Crippen LogP contribution in [-0.4, -0.2) is 35.4 Å². The molecule has 0 aromatic carbocycles. The average molecular weight is 194 g/mol. The molecule has 1 fully saturated rings. The molecule has 0 amide bonds. The van der Waals surface area contributed by atoms with Crippen LogP contribution in [0.5, 0.6) is 5.75 Å². The third-order valence-corrected chi connectivity index (χ3v) is 2.28. The molecular weight excluding hydrogens is 180 g/mol. The summed E-state index contributed by atoms with van der Waals surface area (Å²) in [6.45, 7) is 1.25. The van der Waals surface area contributed by atoms with Gasteiger partial charge in [0.05, 0.1) is 12.3 Å². The van der Waals surface area contributed by atoms with Crippen LogP contribution in [0, 0.1) is 0 Å². The van der Waals surface area contributed by atoms with Crippen LogP contribution < -0.4 is 10.1 Å². The lowest BCUT2D eigenvalue weighted by Crippen LogP contribution is -2.28. The van der Waals surface area contributed by atoms with Crippen LogP contribution in [-0.2, 0) is 0 Å². The maximum Gasteiger partial charge on any atom is 0.137 e. The summed E-state index contributed by atoms with van der Waals surface area (Å²) >= 11 is 0. The van der Waals surface area contributed by atoms with Crippen molar-refractivity contribution in [3.8, 4) is 5.75 Å². The monoisotopic (exact) mass is 194 g/mol. The predicted molar refractivity (Wildman–Crippen MR) is 52.1 cm³/mol. The second-order valence-corrected chi connectivity index (χ2v) is 3.49. The summed E-state index contributed by atoms with van der Waals surface area (Å²) in [7, 11) is 0. The van der Waals surface area contributed by atoms with E-state index in [0.29, 0.717) is 13.2 Å². The summed E-state index contributed by atoms with van der Waals surface area (Å²) in [6, 6.07) is 3.97. The van der Waals surface area contributed by atoms with Crippen LogP contribution in [0.3, 0.4) is 0 Å². The number of pyridine rings is 1. The highest BCUT2D eigenvalue weighted by atomic mass is 16.5. The van der Waals surface area contributed by atoms with Gasteiger partial charge in [-0.2, -0.15) is 0 Å². The van der Waals surface area contributed by atoms with Crippen molar-refractivity contribution < 1.29 is 9.84 Å². The molecule has 2 atom stereocenters. The van der Waals surface area contributed by atoms with Gasteiger partial charge in [-0.1, -0.05) is 0 Å². The zero-order valence-electron chi connectivity index (χ0n) is 7.89.